The molecule has 7 nitrogen and oxygen atoms in total. The first-order chi connectivity index (χ1) is 8.97. The number of aromatic nitrogens is 1. The lowest BCUT2D eigenvalue weighted by molar-refractivity contribution is -0.384. The summed E-state index contributed by atoms with van der Waals surface area (Å²) in [5.74, 6) is 1.39. The number of rotatable bonds is 4. The van der Waals surface area contributed by atoms with Gasteiger partial charge in [0.05, 0.1) is 23.3 Å². The summed E-state index contributed by atoms with van der Waals surface area (Å²) < 4.78 is 5.21. The maximum Gasteiger partial charge on any atom is 0.276 e. The zero-order valence-electron chi connectivity index (χ0n) is 10.7. The minimum Gasteiger partial charge on any atom is -0.469 e. The van der Waals surface area contributed by atoms with Crippen LogP contribution in [-0.4, -0.2) is 17.0 Å². The number of nitro groups is 1. The molecule has 2 aromatic heterocycles. The largest absolute Gasteiger partial charge is 0.469 e. The van der Waals surface area contributed by atoms with Gasteiger partial charge in [0.25, 0.3) is 5.69 Å². The van der Waals surface area contributed by atoms with Crippen LogP contribution in [0, 0.1) is 17.0 Å². The molecular weight excluding hydrogens is 248 g/mol. The second-order valence-electron chi connectivity index (χ2n) is 4.22. The minimum absolute atomic E-state index is 0.0711. The predicted octanol–water partition coefficient (Wildman–Crippen LogP) is 2.11. The SMILES string of the molecule is Cc1occc1CN(C)c1cc([N+](=O)[O-])cc(N)n1. The van der Waals surface area contributed by atoms with Crippen LogP contribution in [0.4, 0.5) is 17.3 Å². The molecule has 2 heterocycles. The van der Waals surface area contributed by atoms with Crippen molar-refractivity contribution >= 4 is 17.3 Å². The van der Waals surface area contributed by atoms with Crippen LogP contribution in [-0.2, 0) is 6.54 Å². The monoisotopic (exact) mass is 262 g/mol. The maximum atomic E-state index is 10.8. The summed E-state index contributed by atoms with van der Waals surface area (Å²) in [6.45, 7) is 2.40. The molecular formula is C12H14N4O3. The molecule has 0 saturated heterocycles. The van der Waals surface area contributed by atoms with E-state index in [-0.39, 0.29) is 11.5 Å². The van der Waals surface area contributed by atoms with Crippen LogP contribution in [0.15, 0.2) is 28.9 Å². The van der Waals surface area contributed by atoms with Crippen LogP contribution in [0.2, 0.25) is 0 Å². The number of nitrogen functional groups attached to an aromatic ring is 1. The van der Waals surface area contributed by atoms with E-state index in [9.17, 15) is 10.1 Å². The molecule has 2 aromatic rings. The molecule has 2 rings (SSSR count). The van der Waals surface area contributed by atoms with Gasteiger partial charge < -0.3 is 15.1 Å². The highest BCUT2D eigenvalue weighted by Crippen LogP contribution is 2.23. The molecule has 0 bridgehead atoms. The van der Waals surface area contributed by atoms with Crippen molar-refractivity contribution in [3.8, 4) is 0 Å². The van der Waals surface area contributed by atoms with Gasteiger partial charge in [-0.25, -0.2) is 4.98 Å². The number of aryl methyl sites for hydroxylation is 1. The van der Waals surface area contributed by atoms with E-state index in [0.29, 0.717) is 12.4 Å². The van der Waals surface area contributed by atoms with Crippen LogP contribution in [0.25, 0.3) is 0 Å². The van der Waals surface area contributed by atoms with Crippen LogP contribution in [0.5, 0.6) is 0 Å². The Labute approximate surface area is 109 Å². The van der Waals surface area contributed by atoms with E-state index in [0.717, 1.165) is 11.3 Å². The van der Waals surface area contributed by atoms with Crippen molar-refractivity contribution in [3.63, 3.8) is 0 Å². The average molecular weight is 262 g/mol. The topological polar surface area (TPSA) is 98.4 Å². The summed E-state index contributed by atoms with van der Waals surface area (Å²) in [4.78, 5) is 16.2. The second-order valence-corrected chi connectivity index (χ2v) is 4.22. The zero-order valence-corrected chi connectivity index (χ0v) is 10.7. The Bertz CT molecular complexity index is 609. The first-order valence-electron chi connectivity index (χ1n) is 5.63. The molecule has 0 spiro atoms. The number of furan rings is 1. The molecule has 7 heteroatoms. The van der Waals surface area contributed by atoms with Gasteiger partial charge in [0.1, 0.15) is 17.4 Å². The zero-order chi connectivity index (χ0) is 14.0. The summed E-state index contributed by atoms with van der Waals surface area (Å²) in [6, 6.07) is 4.48. The van der Waals surface area contributed by atoms with Gasteiger partial charge in [-0.1, -0.05) is 0 Å². The Morgan fingerprint density at radius 1 is 1.53 bits per heavy atom. The Morgan fingerprint density at radius 3 is 2.84 bits per heavy atom. The van der Waals surface area contributed by atoms with Gasteiger partial charge in [-0.05, 0) is 13.0 Å². The molecule has 0 fully saturated rings. The molecule has 0 saturated carbocycles. The normalized spacial score (nSPS) is 10.4. The average Bonchev–Trinajstić information content (AvgIpc) is 2.74. The fourth-order valence-corrected chi connectivity index (χ4v) is 1.74. The number of nitrogens with zero attached hydrogens (tertiary/aromatic N) is 3. The van der Waals surface area contributed by atoms with Gasteiger partial charge in [0, 0.05) is 19.2 Å². The van der Waals surface area contributed by atoms with Crippen molar-refractivity contribution in [1.29, 1.82) is 0 Å². The van der Waals surface area contributed by atoms with E-state index in [2.05, 4.69) is 4.98 Å². The van der Waals surface area contributed by atoms with E-state index in [1.54, 1.807) is 18.2 Å². The summed E-state index contributed by atoms with van der Waals surface area (Å²) in [7, 11) is 1.79. The van der Waals surface area contributed by atoms with Crippen LogP contribution >= 0.6 is 0 Å². The molecule has 100 valence electrons. The van der Waals surface area contributed by atoms with E-state index < -0.39 is 4.92 Å². The highest BCUT2D eigenvalue weighted by molar-refractivity contribution is 5.54. The van der Waals surface area contributed by atoms with Crippen LogP contribution < -0.4 is 10.6 Å². The van der Waals surface area contributed by atoms with E-state index in [1.807, 2.05) is 13.0 Å². The fourth-order valence-electron chi connectivity index (χ4n) is 1.74. The molecule has 0 aliphatic rings. The molecule has 0 atom stereocenters. The van der Waals surface area contributed by atoms with Crippen molar-refractivity contribution in [2.45, 2.75) is 13.5 Å². The van der Waals surface area contributed by atoms with Gasteiger partial charge in [0.2, 0.25) is 0 Å². The second kappa shape index (κ2) is 4.97. The van der Waals surface area contributed by atoms with Crippen molar-refractivity contribution in [2.24, 2.45) is 0 Å². The number of nitrogens with two attached hydrogens (primary N) is 1. The number of anilines is 2. The lowest BCUT2D eigenvalue weighted by Gasteiger charge is -2.17. The van der Waals surface area contributed by atoms with Gasteiger partial charge in [-0.2, -0.15) is 0 Å². The number of hydrogen-bond donors (Lipinski definition) is 1. The summed E-state index contributed by atoms with van der Waals surface area (Å²) in [5, 5.41) is 10.8. The molecule has 0 aromatic carbocycles. The molecule has 0 aliphatic carbocycles. The molecule has 19 heavy (non-hydrogen) atoms. The standard InChI is InChI=1S/C12H14N4O3/c1-8-9(3-4-19-8)7-15(2)12-6-10(16(17)18)5-11(13)14-12/h3-6H,7H2,1-2H3,(H2,13,14). The van der Waals surface area contributed by atoms with Crippen molar-refractivity contribution in [3.05, 3.63) is 45.9 Å². The highest BCUT2D eigenvalue weighted by Gasteiger charge is 2.14. The first kappa shape index (κ1) is 12.9. The van der Waals surface area contributed by atoms with Crippen molar-refractivity contribution in [1.82, 2.24) is 4.98 Å². The third-order valence-electron chi connectivity index (χ3n) is 2.79. The van der Waals surface area contributed by atoms with Crippen LogP contribution in [0.3, 0.4) is 0 Å². The third kappa shape index (κ3) is 2.82. The Kier molecular flexibility index (Phi) is 3.37. The summed E-state index contributed by atoms with van der Waals surface area (Å²) >= 11 is 0. The Hall–Kier alpha value is -2.57. The fraction of sp³-hybridized carbons (Fsp3) is 0.250. The molecule has 0 amide bonds. The Morgan fingerprint density at radius 2 is 2.26 bits per heavy atom. The number of hydrogen-bond acceptors (Lipinski definition) is 6. The van der Waals surface area contributed by atoms with E-state index >= 15 is 0 Å². The van der Waals surface area contributed by atoms with E-state index in [4.69, 9.17) is 10.2 Å². The summed E-state index contributed by atoms with van der Waals surface area (Å²) in [6.07, 6.45) is 1.60. The minimum atomic E-state index is -0.488. The van der Waals surface area contributed by atoms with Crippen LogP contribution in [0.1, 0.15) is 11.3 Å². The summed E-state index contributed by atoms with van der Waals surface area (Å²) in [5.41, 5.74) is 6.50. The first-order valence-corrected chi connectivity index (χ1v) is 5.63. The quantitative estimate of drug-likeness (QED) is 0.669. The van der Waals surface area contributed by atoms with Gasteiger partial charge in [-0.15, -0.1) is 0 Å². The van der Waals surface area contributed by atoms with Gasteiger partial charge >= 0.3 is 0 Å². The Balaban J connectivity index is 2.26. The molecule has 0 radical (unpaired) electrons. The van der Waals surface area contributed by atoms with Gasteiger partial charge in [0.15, 0.2) is 0 Å². The molecule has 2 N–H and O–H groups in total. The smallest absolute Gasteiger partial charge is 0.276 e. The van der Waals surface area contributed by atoms with Crippen molar-refractivity contribution in [2.75, 3.05) is 17.7 Å². The predicted molar refractivity (Wildman–Crippen MR) is 70.9 cm³/mol. The number of pyridine rings is 1. The molecule has 0 aliphatic heterocycles. The van der Waals surface area contributed by atoms with Crippen molar-refractivity contribution < 1.29 is 9.34 Å². The lowest BCUT2D eigenvalue weighted by Crippen LogP contribution is -2.18. The highest BCUT2D eigenvalue weighted by atomic mass is 16.6. The third-order valence-corrected chi connectivity index (χ3v) is 2.79. The lowest BCUT2D eigenvalue weighted by atomic mass is 10.2. The van der Waals surface area contributed by atoms with E-state index in [1.165, 1.54) is 12.1 Å². The van der Waals surface area contributed by atoms with Gasteiger partial charge in [-0.3, -0.25) is 10.1 Å². The molecule has 0 unspecified atom stereocenters. The maximum absolute atomic E-state index is 10.8.